The van der Waals surface area contributed by atoms with Crippen molar-refractivity contribution in [2.24, 2.45) is 11.8 Å². The first-order valence-electron chi connectivity index (χ1n) is 7.02. The fourth-order valence-electron chi connectivity index (χ4n) is 3.98. The SMILES string of the molecule is CCCC1(C2CCCC(C)C2)CCCN1. The van der Waals surface area contributed by atoms with Gasteiger partial charge in [0, 0.05) is 5.54 Å². The molecule has 1 N–H and O–H groups in total. The molecule has 0 spiro atoms. The first-order chi connectivity index (χ1) is 7.27. The molecule has 1 heteroatoms. The van der Waals surface area contributed by atoms with Crippen LogP contribution >= 0.6 is 0 Å². The topological polar surface area (TPSA) is 12.0 Å². The van der Waals surface area contributed by atoms with Crippen LogP contribution in [0.25, 0.3) is 0 Å². The van der Waals surface area contributed by atoms with Gasteiger partial charge in [0.05, 0.1) is 0 Å². The number of nitrogens with one attached hydrogen (secondary N) is 1. The van der Waals surface area contributed by atoms with Crippen molar-refractivity contribution >= 4 is 0 Å². The van der Waals surface area contributed by atoms with Gasteiger partial charge in [0.15, 0.2) is 0 Å². The quantitative estimate of drug-likeness (QED) is 0.746. The van der Waals surface area contributed by atoms with Gasteiger partial charge in [-0.05, 0) is 50.5 Å². The molecular formula is C14H27N. The van der Waals surface area contributed by atoms with Gasteiger partial charge in [-0.25, -0.2) is 0 Å². The molecule has 1 nitrogen and oxygen atoms in total. The van der Waals surface area contributed by atoms with Crippen LogP contribution in [0.4, 0.5) is 0 Å². The summed E-state index contributed by atoms with van der Waals surface area (Å²) in [5.41, 5.74) is 0.545. The van der Waals surface area contributed by atoms with Crippen LogP contribution < -0.4 is 5.32 Å². The van der Waals surface area contributed by atoms with E-state index in [1.165, 1.54) is 57.9 Å². The molecule has 15 heavy (non-hydrogen) atoms. The Balaban J connectivity index is 2.03. The van der Waals surface area contributed by atoms with Gasteiger partial charge in [-0.1, -0.05) is 33.1 Å². The van der Waals surface area contributed by atoms with Gasteiger partial charge >= 0.3 is 0 Å². The van der Waals surface area contributed by atoms with E-state index in [-0.39, 0.29) is 0 Å². The van der Waals surface area contributed by atoms with E-state index in [4.69, 9.17) is 0 Å². The molecule has 2 fully saturated rings. The van der Waals surface area contributed by atoms with Gasteiger partial charge < -0.3 is 5.32 Å². The summed E-state index contributed by atoms with van der Waals surface area (Å²) in [5.74, 6) is 1.95. The Hall–Kier alpha value is -0.0400. The normalized spacial score (nSPS) is 42.0. The Bertz CT molecular complexity index is 194. The van der Waals surface area contributed by atoms with E-state index in [1.54, 1.807) is 0 Å². The maximum absolute atomic E-state index is 3.86. The number of rotatable bonds is 3. The van der Waals surface area contributed by atoms with Crippen LogP contribution in [0.2, 0.25) is 0 Å². The molecule has 1 aliphatic carbocycles. The van der Waals surface area contributed by atoms with Crippen LogP contribution in [0.15, 0.2) is 0 Å². The standard InChI is InChI=1S/C14H27N/c1-3-8-14(9-5-10-15-14)13-7-4-6-12(2)11-13/h12-13,15H,3-11H2,1-2H3. The molecule has 0 aromatic rings. The molecule has 3 atom stereocenters. The summed E-state index contributed by atoms with van der Waals surface area (Å²) in [5, 5.41) is 3.86. The summed E-state index contributed by atoms with van der Waals surface area (Å²) in [6.07, 6.45) is 11.5. The van der Waals surface area contributed by atoms with Crippen molar-refractivity contribution in [1.29, 1.82) is 0 Å². The van der Waals surface area contributed by atoms with Crippen molar-refractivity contribution in [3.8, 4) is 0 Å². The summed E-state index contributed by atoms with van der Waals surface area (Å²) in [7, 11) is 0. The summed E-state index contributed by atoms with van der Waals surface area (Å²) in [6, 6.07) is 0. The van der Waals surface area contributed by atoms with Gasteiger partial charge in [-0.3, -0.25) is 0 Å². The predicted octanol–water partition coefficient (Wildman–Crippen LogP) is 3.74. The van der Waals surface area contributed by atoms with E-state index in [9.17, 15) is 0 Å². The first-order valence-corrected chi connectivity index (χ1v) is 7.02. The molecule has 1 heterocycles. The Morgan fingerprint density at radius 1 is 1.27 bits per heavy atom. The monoisotopic (exact) mass is 209 g/mol. The third-order valence-corrected chi connectivity index (χ3v) is 4.69. The maximum atomic E-state index is 3.86. The van der Waals surface area contributed by atoms with Gasteiger partial charge in [-0.15, -0.1) is 0 Å². The Morgan fingerprint density at radius 3 is 2.73 bits per heavy atom. The van der Waals surface area contributed by atoms with Crippen LogP contribution in [0, 0.1) is 11.8 Å². The van der Waals surface area contributed by atoms with Crippen molar-refractivity contribution in [1.82, 2.24) is 5.32 Å². The zero-order chi connectivity index (χ0) is 10.7. The van der Waals surface area contributed by atoms with Crippen molar-refractivity contribution < 1.29 is 0 Å². The highest BCUT2D eigenvalue weighted by molar-refractivity contribution is 4.99. The van der Waals surface area contributed by atoms with E-state index < -0.39 is 0 Å². The Kier molecular flexibility index (Phi) is 3.71. The lowest BCUT2D eigenvalue weighted by Crippen LogP contribution is -2.48. The molecule has 0 aromatic carbocycles. The van der Waals surface area contributed by atoms with Crippen LogP contribution in [-0.4, -0.2) is 12.1 Å². The van der Waals surface area contributed by atoms with Crippen molar-refractivity contribution in [3.63, 3.8) is 0 Å². The van der Waals surface area contributed by atoms with Gasteiger partial charge in [0.1, 0.15) is 0 Å². The number of hydrogen-bond donors (Lipinski definition) is 1. The fourth-order valence-corrected chi connectivity index (χ4v) is 3.98. The van der Waals surface area contributed by atoms with E-state index >= 15 is 0 Å². The molecule has 1 saturated carbocycles. The lowest BCUT2D eigenvalue weighted by molar-refractivity contribution is 0.141. The summed E-state index contributed by atoms with van der Waals surface area (Å²) in [6.45, 7) is 6.06. The first kappa shape index (κ1) is 11.4. The highest BCUT2D eigenvalue weighted by atomic mass is 15.0. The fraction of sp³-hybridized carbons (Fsp3) is 1.00. The second-order valence-electron chi connectivity index (χ2n) is 5.91. The van der Waals surface area contributed by atoms with E-state index in [2.05, 4.69) is 19.2 Å². The van der Waals surface area contributed by atoms with Crippen LogP contribution in [0.5, 0.6) is 0 Å². The van der Waals surface area contributed by atoms with Crippen molar-refractivity contribution in [2.75, 3.05) is 6.54 Å². The molecule has 0 aromatic heterocycles. The molecule has 0 radical (unpaired) electrons. The average molecular weight is 209 g/mol. The molecule has 2 aliphatic rings. The van der Waals surface area contributed by atoms with Crippen molar-refractivity contribution in [2.45, 2.75) is 70.8 Å². The average Bonchev–Trinajstić information content (AvgIpc) is 2.68. The second-order valence-corrected chi connectivity index (χ2v) is 5.91. The molecule has 1 saturated heterocycles. The third-order valence-electron chi connectivity index (χ3n) is 4.69. The molecule has 2 rings (SSSR count). The molecular weight excluding hydrogens is 182 g/mol. The highest BCUT2D eigenvalue weighted by Gasteiger charge is 2.41. The van der Waals surface area contributed by atoms with Gasteiger partial charge in [0.2, 0.25) is 0 Å². The zero-order valence-electron chi connectivity index (χ0n) is 10.5. The Labute approximate surface area is 95.0 Å². The molecule has 1 aliphatic heterocycles. The van der Waals surface area contributed by atoms with Crippen LogP contribution in [0.1, 0.15) is 65.2 Å². The van der Waals surface area contributed by atoms with Crippen LogP contribution in [0.3, 0.4) is 0 Å². The number of hydrogen-bond acceptors (Lipinski definition) is 1. The van der Waals surface area contributed by atoms with E-state index in [0.29, 0.717) is 5.54 Å². The Morgan fingerprint density at radius 2 is 2.13 bits per heavy atom. The van der Waals surface area contributed by atoms with Gasteiger partial charge in [0.25, 0.3) is 0 Å². The minimum Gasteiger partial charge on any atom is -0.311 e. The minimum atomic E-state index is 0.545. The second kappa shape index (κ2) is 4.86. The lowest BCUT2D eigenvalue weighted by Gasteiger charge is -2.42. The summed E-state index contributed by atoms with van der Waals surface area (Å²) in [4.78, 5) is 0. The smallest absolute Gasteiger partial charge is 0.0210 e. The minimum absolute atomic E-state index is 0.545. The third kappa shape index (κ3) is 2.38. The lowest BCUT2D eigenvalue weighted by atomic mass is 9.69. The summed E-state index contributed by atoms with van der Waals surface area (Å²) >= 11 is 0. The van der Waals surface area contributed by atoms with Crippen LogP contribution in [-0.2, 0) is 0 Å². The zero-order valence-corrected chi connectivity index (χ0v) is 10.5. The molecule has 88 valence electrons. The van der Waals surface area contributed by atoms with Crippen molar-refractivity contribution in [3.05, 3.63) is 0 Å². The van der Waals surface area contributed by atoms with Gasteiger partial charge in [-0.2, -0.15) is 0 Å². The molecule has 3 unspecified atom stereocenters. The largest absolute Gasteiger partial charge is 0.311 e. The highest BCUT2D eigenvalue weighted by Crippen LogP contribution is 2.42. The maximum Gasteiger partial charge on any atom is 0.0210 e. The summed E-state index contributed by atoms with van der Waals surface area (Å²) < 4.78 is 0. The molecule has 0 amide bonds. The van der Waals surface area contributed by atoms with E-state index in [1.807, 2.05) is 0 Å². The molecule has 0 bridgehead atoms. The predicted molar refractivity (Wildman–Crippen MR) is 66.0 cm³/mol. The van der Waals surface area contributed by atoms with E-state index in [0.717, 1.165) is 11.8 Å².